The Kier molecular flexibility index (Phi) is 5.63. The van der Waals surface area contributed by atoms with Crippen molar-refractivity contribution in [2.45, 2.75) is 43.6 Å². The molecule has 0 saturated carbocycles. The molecule has 0 aromatic heterocycles. The molecule has 0 fully saturated rings. The smallest absolute Gasteiger partial charge is 0.195 e. The van der Waals surface area contributed by atoms with Gasteiger partial charge in [-0.1, -0.05) is 65.8 Å². The fraction of sp³-hybridized carbons (Fsp3) is 0.233. The first-order valence-electron chi connectivity index (χ1n) is 12.0. The highest BCUT2D eigenvalue weighted by Crippen LogP contribution is 2.41. The van der Waals surface area contributed by atoms with E-state index in [4.69, 9.17) is 11.6 Å². The van der Waals surface area contributed by atoms with Gasteiger partial charge in [-0.2, -0.15) is 0 Å². The lowest BCUT2D eigenvalue weighted by atomic mass is 9.82. The number of thioether (sulfide) groups is 1. The lowest BCUT2D eigenvalue weighted by Gasteiger charge is -2.32. The number of aryl methyl sites for hydroxylation is 1. The molecule has 2 N–H and O–H groups in total. The molecule has 0 saturated heterocycles. The SMILES string of the molecule is Cc1cccc(NC2(C(=O)C3=c4ccc5c(c4CCC3)C(O)C=c3c(Cl)cccc3=5)CC=CS2)c1. The monoisotopic (exact) mass is 499 g/mol. The Morgan fingerprint density at radius 3 is 2.71 bits per heavy atom. The Morgan fingerprint density at radius 1 is 1.09 bits per heavy atom. The van der Waals surface area contributed by atoms with Crippen LogP contribution in [-0.2, 0) is 11.2 Å². The fourth-order valence-corrected chi connectivity index (χ4v) is 6.96. The topological polar surface area (TPSA) is 49.3 Å². The standard InChI is InChI=1S/C30H26ClNO2S/c1-18-6-2-7-19(16-18)32-30(14-5-15-35-30)29(34)24-10-3-9-22-21(24)12-13-23-20-8-4-11-26(31)25(20)17-27(33)28(22)23/h2,4-8,11-13,15-17,27,32-33H,3,9-10,14H2,1H3. The van der Waals surface area contributed by atoms with Crippen molar-refractivity contribution in [1.82, 2.24) is 0 Å². The summed E-state index contributed by atoms with van der Waals surface area (Å²) in [4.78, 5) is 13.5. The second-order valence-electron chi connectivity index (χ2n) is 9.54. The van der Waals surface area contributed by atoms with E-state index >= 15 is 0 Å². The summed E-state index contributed by atoms with van der Waals surface area (Å²) < 4.78 is 0. The molecule has 2 atom stereocenters. The van der Waals surface area contributed by atoms with E-state index < -0.39 is 11.0 Å². The Morgan fingerprint density at radius 2 is 1.91 bits per heavy atom. The number of hydrogen-bond donors (Lipinski definition) is 2. The van der Waals surface area contributed by atoms with Crippen LogP contribution in [0.2, 0.25) is 5.02 Å². The van der Waals surface area contributed by atoms with Crippen molar-refractivity contribution in [2.75, 3.05) is 5.32 Å². The maximum atomic E-state index is 14.2. The molecule has 3 nitrogen and oxygen atoms in total. The number of aliphatic hydroxyl groups excluding tert-OH is 1. The van der Waals surface area contributed by atoms with E-state index in [-0.39, 0.29) is 5.78 Å². The molecule has 6 rings (SSSR count). The van der Waals surface area contributed by atoms with Crippen LogP contribution < -0.4 is 15.8 Å². The number of nitrogens with one attached hydrogen (secondary N) is 1. The van der Waals surface area contributed by atoms with Crippen molar-refractivity contribution in [2.24, 2.45) is 0 Å². The van der Waals surface area contributed by atoms with E-state index in [0.29, 0.717) is 11.4 Å². The summed E-state index contributed by atoms with van der Waals surface area (Å²) in [7, 11) is 0. The highest BCUT2D eigenvalue weighted by Gasteiger charge is 2.42. The van der Waals surface area contributed by atoms with Crippen LogP contribution in [0, 0.1) is 17.4 Å². The Labute approximate surface area is 213 Å². The predicted molar refractivity (Wildman–Crippen MR) is 144 cm³/mol. The number of carbonyl (C=O) groups is 1. The van der Waals surface area contributed by atoms with Crippen LogP contribution in [0.25, 0.3) is 11.6 Å². The van der Waals surface area contributed by atoms with Gasteiger partial charge in [0.05, 0.1) is 6.10 Å². The highest BCUT2D eigenvalue weighted by atomic mass is 35.5. The quantitative estimate of drug-likeness (QED) is 0.513. The number of anilines is 1. The molecule has 0 radical (unpaired) electrons. The lowest BCUT2D eigenvalue weighted by Crippen LogP contribution is -2.44. The molecule has 0 amide bonds. The number of carbonyl (C=O) groups excluding carboxylic acids is 1. The number of aliphatic hydroxyl groups is 1. The van der Waals surface area contributed by atoms with Gasteiger partial charge < -0.3 is 10.4 Å². The summed E-state index contributed by atoms with van der Waals surface area (Å²) in [6.45, 7) is 2.06. The van der Waals surface area contributed by atoms with E-state index in [1.807, 2.05) is 35.7 Å². The second-order valence-corrected chi connectivity index (χ2v) is 11.2. The molecule has 0 bridgehead atoms. The Bertz CT molecular complexity index is 1620. The molecular formula is C30H26ClNO2S. The van der Waals surface area contributed by atoms with Crippen LogP contribution in [0.3, 0.4) is 0 Å². The average molecular weight is 500 g/mol. The molecule has 1 aliphatic heterocycles. The van der Waals surface area contributed by atoms with Gasteiger partial charge in [0, 0.05) is 22.7 Å². The maximum Gasteiger partial charge on any atom is 0.195 e. The van der Waals surface area contributed by atoms with Crippen molar-refractivity contribution in [1.29, 1.82) is 0 Å². The predicted octanol–water partition coefficient (Wildman–Crippen LogP) is 5.28. The Hall–Kier alpha value is -2.79. The molecule has 0 spiro atoms. The van der Waals surface area contributed by atoms with Crippen molar-refractivity contribution in [3.05, 3.63) is 109 Å². The van der Waals surface area contributed by atoms with Gasteiger partial charge in [0.1, 0.15) is 0 Å². The molecule has 3 aliphatic rings. The maximum absolute atomic E-state index is 14.2. The normalized spacial score (nSPS) is 22.1. The minimum absolute atomic E-state index is 0.132. The van der Waals surface area contributed by atoms with Crippen LogP contribution in [0.5, 0.6) is 0 Å². The molecule has 2 unspecified atom stereocenters. The van der Waals surface area contributed by atoms with Crippen molar-refractivity contribution < 1.29 is 9.90 Å². The largest absolute Gasteiger partial charge is 0.384 e. The van der Waals surface area contributed by atoms with Crippen molar-refractivity contribution >= 4 is 46.5 Å². The number of benzene rings is 3. The van der Waals surface area contributed by atoms with Gasteiger partial charge in [0.2, 0.25) is 0 Å². The summed E-state index contributed by atoms with van der Waals surface area (Å²) in [5.74, 6) is 0.132. The van der Waals surface area contributed by atoms with Gasteiger partial charge >= 0.3 is 0 Å². The summed E-state index contributed by atoms with van der Waals surface area (Å²) >= 11 is 8.00. The van der Waals surface area contributed by atoms with Gasteiger partial charge in [-0.05, 0) is 93.4 Å². The van der Waals surface area contributed by atoms with Gasteiger partial charge in [-0.25, -0.2) is 0 Å². The number of fused-ring (bicyclic) bond motifs is 4. The third-order valence-electron chi connectivity index (χ3n) is 7.28. The van der Waals surface area contributed by atoms with Gasteiger partial charge in [0.15, 0.2) is 10.7 Å². The molecule has 1 heterocycles. The summed E-state index contributed by atoms with van der Waals surface area (Å²) in [5, 5.41) is 21.3. The van der Waals surface area contributed by atoms with Crippen LogP contribution in [-0.4, -0.2) is 15.8 Å². The van der Waals surface area contributed by atoms with Crippen LogP contribution >= 0.6 is 23.4 Å². The van der Waals surface area contributed by atoms with E-state index in [0.717, 1.165) is 68.1 Å². The van der Waals surface area contributed by atoms with Crippen LogP contribution in [0.1, 0.15) is 42.1 Å². The number of halogens is 1. The molecule has 2 aliphatic carbocycles. The zero-order valence-electron chi connectivity index (χ0n) is 19.5. The second kappa shape index (κ2) is 8.70. The first kappa shape index (κ1) is 22.7. The van der Waals surface area contributed by atoms with Gasteiger partial charge in [-0.3, -0.25) is 4.79 Å². The van der Waals surface area contributed by atoms with E-state index in [2.05, 4.69) is 48.6 Å². The van der Waals surface area contributed by atoms with Crippen molar-refractivity contribution in [3.63, 3.8) is 0 Å². The summed E-state index contributed by atoms with van der Waals surface area (Å²) in [6.07, 6.45) is 6.28. The van der Waals surface area contributed by atoms with Crippen molar-refractivity contribution in [3.8, 4) is 0 Å². The first-order chi connectivity index (χ1) is 17.0. The molecule has 3 aromatic carbocycles. The zero-order chi connectivity index (χ0) is 24.2. The molecule has 3 aromatic rings. The number of Topliss-reactive ketones (excluding diaryl/α,β-unsaturated/α-hetero) is 1. The first-order valence-corrected chi connectivity index (χ1v) is 13.3. The number of ketones is 1. The zero-order valence-corrected chi connectivity index (χ0v) is 21.0. The third kappa shape index (κ3) is 3.76. The van der Waals surface area contributed by atoms with Gasteiger partial charge in [0.25, 0.3) is 0 Å². The van der Waals surface area contributed by atoms with E-state index in [1.54, 1.807) is 11.8 Å². The molecular weight excluding hydrogens is 474 g/mol. The summed E-state index contributed by atoms with van der Waals surface area (Å²) in [6, 6.07) is 18.2. The average Bonchev–Trinajstić information content (AvgIpc) is 3.33. The molecule has 176 valence electrons. The van der Waals surface area contributed by atoms with Crippen LogP contribution in [0.15, 0.2) is 66.1 Å². The van der Waals surface area contributed by atoms with E-state index in [1.165, 1.54) is 0 Å². The lowest BCUT2D eigenvalue weighted by molar-refractivity contribution is -0.115. The van der Waals surface area contributed by atoms with Crippen LogP contribution in [0.4, 0.5) is 5.69 Å². The number of rotatable bonds is 4. The minimum atomic E-state index is -0.751. The third-order valence-corrected chi connectivity index (χ3v) is 8.79. The van der Waals surface area contributed by atoms with Gasteiger partial charge in [-0.15, -0.1) is 0 Å². The Balaban J connectivity index is 1.54. The molecule has 5 heteroatoms. The summed E-state index contributed by atoms with van der Waals surface area (Å²) in [5.41, 5.74) is 4.97. The fourth-order valence-electron chi connectivity index (χ4n) is 5.69. The number of hydrogen-bond acceptors (Lipinski definition) is 4. The van der Waals surface area contributed by atoms with E-state index in [9.17, 15) is 9.90 Å². The highest BCUT2D eigenvalue weighted by molar-refractivity contribution is 8.04. The molecule has 35 heavy (non-hydrogen) atoms. The minimum Gasteiger partial charge on any atom is -0.384 e.